The molecular weight excluding hydrogens is 253 g/mol. The monoisotopic (exact) mass is 263 g/mol. The van der Waals surface area contributed by atoms with Crippen molar-refractivity contribution in [1.29, 1.82) is 0 Å². The number of hydrogen-bond donors (Lipinski definition) is 2. The van der Waals surface area contributed by atoms with E-state index >= 15 is 0 Å². The van der Waals surface area contributed by atoms with Crippen LogP contribution < -0.4 is 10.5 Å². The molecule has 0 bridgehead atoms. The zero-order valence-electron chi connectivity index (χ0n) is 7.63. The first-order valence-electron chi connectivity index (χ1n) is 4.01. The Balaban J connectivity index is 3.16. The molecule has 1 atom stereocenters. The van der Waals surface area contributed by atoms with Crippen LogP contribution in [0.4, 0.5) is 4.39 Å². The molecule has 0 radical (unpaired) electrons. The van der Waals surface area contributed by atoms with E-state index in [1.165, 1.54) is 19.2 Å². The third-order valence-corrected chi connectivity index (χ3v) is 2.42. The smallest absolute Gasteiger partial charge is 0.179 e. The van der Waals surface area contributed by atoms with Crippen molar-refractivity contribution in [1.82, 2.24) is 0 Å². The third-order valence-electron chi connectivity index (χ3n) is 1.85. The van der Waals surface area contributed by atoms with Gasteiger partial charge in [-0.15, -0.1) is 0 Å². The highest BCUT2D eigenvalue weighted by atomic mass is 79.9. The molecule has 0 aliphatic heterocycles. The maximum Gasteiger partial charge on any atom is 0.179 e. The van der Waals surface area contributed by atoms with Crippen molar-refractivity contribution in [3.05, 3.63) is 28.0 Å². The molecule has 5 heteroatoms. The first-order valence-corrected chi connectivity index (χ1v) is 4.80. The molecule has 14 heavy (non-hydrogen) atoms. The Kier molecular flexibility index (Phi) is 3.86. The maximum absolute atomic E-state index is 13.3. The molecule has 78 valence electrons. The van der Waals surface area contributed by atoms with Gasteiger partial charge in [-0.3, -0.25) is 0 Å². The lowest BCUT2D eigenvalue weighted by Crippen LogP contribution is -2.11. The number of nitrogens with two attached hydrogens (primary N) is 1. The summed E-state index contributed by atoms with van der Waals surface area (Å²) in [6.07, 6.45) is -0.805. The number of methoxy groups -OCH3 is 1. The van der Waals surface area contributed by atoms with Crippen molar-refractivity contribution >= 4 is 15.9 Å². The molecule has 3 N–H and O–H groups in total. The number of ether oxygens (including phenoxy) is 1. The van der Waals surface area contributed by atoms with E-state index in [1.807, 2.05) is 0 Å². The fourth-order valence-corrected chi connectivity index (χ4v) is 1.52. The summed E-state index contributed by atoms with van der Waals surface area (Å²) in [5.74, 6) is -0.401. The highest BCUT2D eigenvalue weighted by Gasteiger charge is 2.13. The Hall–Kier alpha value is -0.650. The van der Waals surface area contributed by atoms with E-state index in [2.05, 4.69) is 15.9 Å². The van der Waals surface area contributed by atoms with Crippen LogP contribution in [0.3, 0.4) is 0 Å². The molecule has 1 rings (SSSR count). The Bertz CT molecular complexity index is 333. The lowest BCUT2D eigenvalue weighted by atomic mass is 10.1. The Morgan fingerprint density at radius 3 is 2.79 bits per heavy atom. The Morgan fingerprint density at radius 2 is 2.29 bits per heavy atom. The van der Waals surface area contributed by atoms with E-state index < -0.39 is 11.9 Å². The van der Waals surface area contributed by atoms with Crippen LogP contribution in [0.5, 0.6) is 5.75 Å². The lowest BCUT2D eigenvalue weighted by molar-refractivity contribution is 0.186. The molecule has 0 spiro atoms. The predicted octanol–water partition coefficient (Wildman–Crippen LogP) is 1.59. The quantitative estimate of drug-likeness (QED) is 0.871. The van der Waals surface area contributed by atoms with Crippen LogP contribution in [-0.4, -0.2) is 18.8 Å². The minimum Gasteiger partial charge on any atom is -0.494 e. The van der Waals surface area contributed by atoms with Crippen LogP contribution in [-0.2, 0) is 0 Å². The number of hydrogen-bond acceptors (Lipinski definition) is 3. The molecular formula is C9H11BrFNO2. The summed E-state index contributed by atoms with van der Waals surface area (Å²) in [6, 6.07) is 2.91. The maximum atomic E-state index is 13.3. The average Bonchev–Trinajstić information content (AvgIpc) is 2.20. The lowest BCUT2D eigenvalue weighted by Gasteiger charge is -2.11. The number of aliphatic hydroxyl groups excluding tert-OH is 1. The van der Waals surface area contributed by atoms with Gasteiger partial charge in [-0.05, 0) is 33.6 Å². The van der Waals surface area contributed by atoms with E-state index in [0.717, 1.165) is 0 Å². The van der Waals surface area contributed by atoms with Gasteiger partial charge in [0.05, 0.1) is 17.7 Å². The van der Waals surface area contributed by atoms with Gasteiger partial charge in [-0.2, -0.15) is 0 Å². The second-order valence-electron chi connectivity index (χ2n) is 2.77. The van der Waals surface area contributed by atoms with E-state index in [0.29, 0.717) is 5.56 Å². The van der Waals surface area contributed by atoms with Crippen molar-refractivity contribution in [2.45, 2.75) is 6.10 Å². The molecule has 0 aromatic heterocycles. The molecule has 0 aliphatic rings. The zero-order chi connectivity index (χ0) is 10.7. The summed E-state index contributed by atoms with van der Waals surface area (Å²) in [7, 11) is 1.36. The van der Waals surface area contributed by atoms with Crippen molar-refractivity contribution < 1.29 is 14.2 Å². The van der Waals surface area contributed by atoms with E-state index in [4.69, 9.17) is 10.5 Å². The average molecular weight is 264 g/mol. The van der Waals surface area contributed by atoms with Gasteiger partial charge in [0.15, 0.2) is 11.6 Å². The van der Waals surface area contributed by atoms with Gasteiger partial charge in [-0.25, -0.2) is 4.39 Å². The number of aliphatic hydroxyl groups is 1. The minimum absolute atomic E-state index is 0.0846. The summed E-state index contributed by atoms with van der Waals surface area (Å²) >= 11 is 3.03. The molecule has 0 amide bonds. The SMILES string of the molecule is COc1cc(C(O)CN)cc(Br)c1F. The van der Waals surface area contributed by atoms with Crippen LogP contribution >= 0.6 is 15.9 Å². The van der Waals surface area contributed by atoms with Crippen LogP contribution in [0, 0.1) is 5.82 Å². The molecule has 0 fully saturated rings. The predicted molar refractivity (Wildman–Crippen MR) is 54.7 cm³/mol. The topological polar surface area (TPSA) is 55.5 Å². The van der Waals surface area contributed by atoms with E-state index in [-0.39, 0.29) is 16.8 Å². The van der Waals surface area contributed by atoms with Crippen molar-refractivity contribution in [2.75, 3.05) is 13.7 Å². The van der Waals surface area contributed by atoms with Gasteiger partial charge < -0.3 is 15.6 Å². The van der Waals surface area contributed by atoms with Gasteiger partial charge in [0.2, 0.25) is 0 Å². The first-order chi connectivity index (χ1) is 6.60. The van der Waals surface area contributed by atoms with Crippen molar-refractivity contribution in [3.8, 4) is 5.75 Å². The minimum atomic E-state index is -0.805. The molecule has 1 unspecified atom stereocenters. The zero-order valence-corrected chi connectivity index (χ0v) is 9.21. The van der Waals surface area contributed by atoms with Crippen LogP contribution in [0.25, 0.3) is 0 Å². The largest absolute Gasteiger partial charge is 0.494 e. The van der Waals surface area contributed by atoms with Crippen LogP contribution in [0.1, 0.15) is 11.7 Å². The molecule has 3 nitrogen and oxygen atoms in total. The fourth-order valence-electron chi connectivity index (χ4n) is 1.06. The Labute approximate surface area is 89.8 Å². The molecule has 0 saturated heterocycles. The van der Waals surface area contributed by atoms with Crippen LogP contribution in [0.2, 0.25) is 0 Å². The number of halogens is 2. The molecule has 0 heterocycles. The summed E-state index contributed by atoms with van der Waals surface area (Å²) in [5, 5.41) is 9.44. The standard InChI is InChI=1S/C9H11BrFNO2/c1-14-8-3-5(7(13)4-12)2-6(10)9(8)11/h2-3,7,13H,4,12H2,1H3. The number of rotatable bonds is 3. The van der Waals surface area contributed by atoms with Gasteiger partial charge in [0, 0.05) is 6.54 Å². The summed E-state index contributed by atoms with van der Waals surface area (Å²) in [5.41, 5.74) is 5.81. The van der Waals surface area contributed by atoms with Gasteiger partial charge in [-0.1, -0.05) is 0 Å². The fraction of sp³-hybridized carbons (Fsp3) is 0.333. The molecule has 1 aromatic carbocycles. The number of benzene rings is 1. The van der Waals surface area contributed by atoms with Gasteiger partial charge in [0.25, 0.3) is 0 Å². The highest BCUT2D eigenvalue weighted by molar-refractivity contribution is 9.10. The highest BCUT2D eigenvalue weighted by Crippen LogP contribution is 2.29. The molecule has 0 aliphatic carbocycles. The third kappa shape index (κ3) is 2.23. The van der Waals surface area contributed by atoms with E-state index in [9.17, 15) is 9.50 Å². The van der Waals surface area contributed by atoms with Crippen molar-refractivity contribution in [2.24, 2.45) is 5.73 Å². The van der Waals surface area contributed by atoms with Gasteiger partial charge >= 0.3 is 0 Å². The normalized spacial score (nSPS) is 12.6. The summed E-state index contributed by atoms with van der Waals surface area (Å²) in [6.45, 7) is 0.0846. The summed E-state index contributed by atoms with van der Waals surface area (Å²) in [4.78, 5) is 0. The second kappa shape index (κ2) is 4.72. The first kappa shape index (κ1) is 11.4. The summed E-state index contributed by atoms with van der Waals surface area (Å²) < 4.78 is 18.3. The van der Waals surface area contributed by atoms with Gasteiger partial charge in [0.1, 0.15) is 0 Å². The van der Waals surface area contributed by atoms with Crippen LogP contribution in [0.15, 0.2) is 16.6 Å². The second-order valence-corrected chi connectivity index (χ2v) is 3.62. The van der Waals surface area contributed by atoms with E-state index in [1.54, 1.807) is 0 Å². The van der Waals surface area contributed by atoms with Crippen molar-refractivity contribution in [3.63, 3.8) is 0 Å². The molecule has 0 saturated carbocycles. The Morgan fingerprint density at radius 1 is 1.64 bits per heavy atom. The molecule has 1 aromatic rings.